The van der Waals surface area contributed by atoms with Gasteiger partial charge >= 0.3 is 0 Å². The van der Waals surface area contributed by atoms with Crippen LogP contribution in [-0.2, 0) is 9.84 Å². The molecule has 3 rings (SSSR count). The molecule has 1 amide bonds. The number of nitrogens with zero attached hydrogens (tertiary/aromatic N) is 2. The summed E-state index contributed by atoms with van der Waals surface area (Å²) in [4.78, 5) is 19.2. The third-order valence-corrected chi connectivity index (χ3v) is 6.31. The summed E-state index contributed by atoms with van der Waals surface area (Å²) in [7, 11) is -3.35. The molecule has 0 bridgehead atoms. The van der Waals surface area contributed by atoms with E-state index < -0.39 is 9.84 Å². The summed E-state index contributed by atoms with van der Waals surface area (Å²) in [6.07, 6.45) is 6.87. The van der Waals surface area contributed by atoms with E-state index in [4.69, 9.17) is 0 Å². The minimum absolute atomic E-state index is 0.00152. The normalized spacial score (nSPS) is 14.9. The maximum Gasteiger partial charge on any atom is 0.255 e. The molecule has 1 fully saturated rings. The lowest BCUT2D eigenvalue weighted by Crippen LogP contribution is -2.30. The Bertz CT molecular complexity index is 890. The molecule has 1 aliphatic rings. The van der Waals surface area contributed by atoms with Crippen molar-refractivity contribution in [2.45, 2.75) is 31.1 Å². The van der Waals surface area contributed by atoms with Crippen molar-refractivity contribution >= 4 is 27.1 Å². The molecule has 2 aromatic rings. The van der Waals surface area contributed by atoms with E-state index >= 15 is 0 Å². The van der Waals surface area contributed by atoms with Crippen LogP contribution in [0.5, 0.6) is 0 Å². The highest BCUT2D eigenvalue weighted by molar-refractivity contribution is 7.91. The molecule has 1 saturated heterocycles. The fraction of sp³-hybridized carbons (Fsp3) is 0.368. The fourth-order valence-corrected chi connectivity index (χ4v) is 4.00. The standard InChI is InChI=1S/C19H23N3O3S/c1-2-26(24,25)16-8-6-7-15(13-16)19(23)21-17-9-10-20-14-18(17)22-11-4-3-5-12-22/h6-10,13-14H,2-5,11-12H2,1H3,(H,20,21,23). The Morgan fingerprint density at radius 3 is 2.69 bits per heavy atom. The Hall–Kier alpha value is -2.41. The Morgan fingerprint density at radius 2 is 1.96 bits per heavy atom. The van der Waals surface area contributed by atoms with Crippen molar-refractivity contribution in [2.24, 2.45) is 0 Å². The topological polar surface area (TPSA) is 79.4 Å². The molecule has 0 radical (unpaired) electrons. The van der Waals surface area contributed by atoms with Gasteiger partial charge in [0.15, 0.2) is 9.84 Å². The second kappa shape index (κ2) is 7.86. The first-order valence-corrected chi connectivity index (χ1v) is 10.5. The van der Waals surface area contributed by atoms with Crippen molar-refractivity contribution < 1.29 is 13.2 Å². The number of hydrogen-bond donors (Lipinski definition) is 1. The van der Waals surface area contributed by atoms with Crippen LogP contribution in [0.3, 0.4) is 0 Å². The molecule has 7 heteroatoms. The van der Waals surface area contributed by atoms with Gasteiger partial charge in [-0.3, -0.25) is 9.78 Å². The summed E-state index contributed by atoms with van der Waals surface area (Å²) in [6, 6.07) is 7.92. The number of anilines is 2. The molecule has 0 atom stereocenters. The van der Waals surface area contributed by atoms with Crippen molar-refractivity contribution in [3.63, 3.8) is 0 Å². The molecule has 1 N–H and O–H groups in total. The second-order valence-corrected chi connectivity index (χ2v) is 8.60. The number of rotatable bonds is 5. The van der Waals surface area contributed by atoms with E-state index in [2.05, 4.69) is 15.2 Å². The molecule has 0 spiro atoms. The number of hydrogen-bond acceptors (Lipinski definition) is 5. The highest BCUT2D eigenvalue weighted by atomic mass is 32.2. The number of benzene rings is 1. The van der Waals surface area contributed by atoms with Gasteiger partial charge in [-0.05, 0) is 43.5 Å². The maximum atomic E-state index is 12.7. The molecule has 0 unspecified atom stereocenters. The smallest absolute Gasteiger partial charge is 0.255 e. The highest BCUT2D eigenvalue weighted by Gasteiger charge is 2.18. The Labute approximate surface area is 154 Å². The van der Waals surface area contributed by atoms with Gasteiger partial charge in [0.25, 0.3) is 5.91 Å². The number of nitrogens with one attached hydrogen (secondary N) is 1. The molecule has 0 aliphatic carbocycles. The van der Waals surface area contributed by atoms with Crippen LogP contribution in [0.25, 0.3) is 0 Å². The number of amides is 1. The van der Waals surface area contributed by atoms with E-state index in [-0.39, 0.29) is 16.6 Å². The monoisotopic (exact) mass is 373 g/mol. The third kappa shape index (κ3) is 4.04. The maximum absolute atomic E-state index is 12.7. The zero-order valence-corrected chi connectivity index (χ0v) is 15.6. The molecule has 0 saturated carbocycles. The fourth-order valence-electron chi connectivity index (χ4n) is 3.07. The Balaban J connectivity index is 1.84. The van der Waals surface area contributed by atoms with E-state index in [1.54, 1.807) is 37.5 Å². The highest BCUT2D eigenvalue weighted by Crippen LogP contribution is 2.28. The van der Waals surface area contributed by atoms with Gasteiger partial charge in [0.05, 0.1) is 28.2 Å². The predicted octanol–water partition coefficient (Wildman–Crippen LogP) is 3.12. The van der Waals surface area contributed by atoms with Gasteiger partial charge < -0.3 is 10.2 Å². The zero-order chi connectivity index (χ0) is 18.6. The lowest BCUT2D eigenvalue weighted by Gasteiger charge is -2.30. The first-order valence-electron chi connectivity index (χ1n) is 8.84. The van der Waals surface area contributed by atoms with Gasteiger partial charge in [-0.1, -0.05) is 13.0 Å². The summed E-state index contributed by atoms with van der Waals surface area (Å²) in [5.41, 5.74) is 1.91. The average Bonchev–Trinajstić information content (AvgIpc) is 2.69. The zero-order valence-electron chi connectivity index (χ0n) is 14.8. The van der Waals surface area contributed by atoms with Crippen molar-refractivity contribution in [3.05, 3.63) is 48.3 Å². The summed E-state index contributed by atoms with van der Waals surface area (Å²) in [5.74, 6) is -0.329. The van der Waals surface area contributed by atoms with E-state index in [9.17, 15) is 13.2 Å². The number of pyridine rings is 1. The van der Waals surface area contributed by atoms with Crippen molar-refractivity contribution in [3.8, 4) is 0 Å². The van der Waals surface area contributed by atoms with Crippen molar-refractivity contribution in [1.29, 1.82) is 0 Å². The quantitative estimate of drug-likeness (QED) is 0.871. The van der Waals surface area contributed by atoms with Crippen LogP contribution in [0.1, 0.15) is 36.5 Å². The van der Waals surface area contributed by atoms with E-state index in [0.29, 0.717) is 11.3 Å². The van der Waals surface area contributed by atoms with Gasteiger partial charge in [-0.25, -0.2) is 8.42 Å². The first-order chi connectivity index (χ1) is 12.5. The SMILES string of the molecule is CCS(=O)(=O)c1cccc(C(=O)Nc2ccncc2N2CCCCC2)c1. The third-order valence-electron chi connectivity index (χ3n) is 4.58. The first kappa shape index (κ1) is 18.4. The van der Waals surface area contributed by atoms with Gasteiger partial charge in [0.1, 0.15) is 0 Å². The van der Waals surface area contributed by atoms with E-state index in [1.807, 2.05) is 0 Å². The molecule has 26 heavy (non-hydrogen) atoms. The molecule has 6 nitrogen and oxygen atoms in total. The van der Waals surface area contributed by atoms with Crippen LogP contribution in [0.2, 0.25) is 0 Å². The summed E-state index contributed by atoms with van der Waals surface area (Å²) in [6.45, 7) is 3.47. The molecule has 1 aromatic heterocycles. The van der Waals surface area contributed by atoms with Crippen LogP contribution >= 0.6 is 0 Å². The van der Waals surface area contributed by atoms with Crippen LogP contribution in [0.15, 0.2) is 47.6 Å². The Kier molecular flexibility index (Phi) is 5.56. The number of carbonyl (C=O) groups excluding carboxylic acids is 1. The second-order valence-electron chi connectivity index (χ2n) is 6.33. The van der Waals surface area contributed by atoms with Crippen LogP contribution in [-0.4, -0.2) is 38.2 Å². The van der Waals surface area contributed by atoms with Crippen LogP contribution in [0.4, 0.5) is 11.4 Å². The van der Waals surface area contributed by atoms with E-state index in [0.717, 1.165) is 31.6 Å². The molecule has 1 aliphatic heterocycles. The van der Waals surface area contributed by atoms with Crippen LogP contribution in [0, 0.1) is 0 Å². The van der Waals surface area contributed by atoms with E-state index in [1.165, 1.54) is 18.6 Å². The average molecular weight is 373 g/mol. The molecule has 138 valence electrons. The largest absolute Gasteiger partial charge is 0.369 e. The molecular weight excluding hydrogens is 350 g/mol. The minimum Gasteiger partial charge on any atom is -0.369 e. The molecule has 2 heterocycles. The predicted molar refractivity (Wildman–Crippen MR) is 102 cm³/mol. The van der Waals surface area contributed by atoms with Crippen molar-refractivity contribution in [2.75, 3.05) is 29.1 Å². The Morgan fingerprint density at radius 1 is 1.19 bits per heavy atom. The number of sulfone groups is 1. The lowest BCUT2D eigenvalue weighted by atomic mass is 10.1. The van der Waals surface area contributed by atoms with Gasteiger partial charge in [-0.15, -0.1) is 0 Å². The molecular formula is C19H23N3O3S. The van der Waals surface area contributed by atoms with Crippen molar-refractivity contribution in [1.82, 2.24) is 4.98 Å². The molecule has 1 aromatic carbocycles. The number of aromatic nitrogens is 1. The van der Waals surface area contributed by atoms with Crippen LogP contribution < -0.4 is 10.2 Å². The van der Waals surface area contributed by atoms with Gasteiger partial charge in [0, 0.05) is 24.8 Å². The summed E-state index contributed by atoms with van der Waals surface area (Å²) < 4.78 is 24.1. The minimum atomic E-state index is -3.35. The summed E-state index contributed by atoms with van der Waals surface area (Å²) in [5, 5.41) is 2.91. The number of carbonyl (C=O) groups is 1. The summed E-state index contributed by atoms with van der Waals surface area (Å²) >= 11 is 0. The van der Waals surface area contributed by atoms with Gasteiger partial charge in [0.2, 0.25) is 0 Å². The lowest BCUT2D eigenvalue weighted by molar-refractivity contribution is 0.102. The van der Waals surface area contributed by atoms with Gasteiger partial charge in [-0.2, -0.15) is 0 Å². The number of piperidine rings is 1.